The van der Waals surface area contributed by atoms with Crippen LogP contribution in [0, 0.1) is 6.92 Å². The first-order valence-corrected chi connectivity index (χ1v) is 9.66. The van der Waals surface area contributed by atoms with Crippen LogP contribution in [-0.2, 0) is 0 Å². The summed E-state index contributed by atoms with van der Waals surface area (Å²) in [7, 11) is 1.54. The molecule has 4 rings (SSSR count). The van der Waals surface area contributed by atoms with Gasteiger partial charge in [-0.05, 0) is 36.8 Å². The van der Waals surface area contributed by atoms with E-state index in [0.717, 1.165) is 11.3 Å². The normalized spacial score (nSPS) is 10.6. The number of aryl methyl sites for hydroxylation is 1. The Hall–Kier alpha value is -3.64. The molecule has 0 aliphatic rings. The predicted molar refractivity (Wildman–Crippen MR) is 118 cm³/mol. The van der Waals surface area contributed by atoms with Crippen LogP contribution < -0.4 is 10.1 Å². The number of nitrogens with zero attached hydrogens (tertiary/aromatic N) is 2. The van der Waals surface area contributed by atoms with Crippen LogP contribution in [0.5, 0.6) is 5.88 Å². The Morgan fingerprint density at radius 2 is 1.90 bits per heavy atom. The third kappa shape index (κ3) is 4.04. The number of methoxy groups -OCH3 is 1. The highest BCUT2D eigenvalue weighted by atomic mass is 35.5. The summed E-state index contributed by atoms with van der Waals surface area (Å²) in [6, 6.07) is 18.5. The number of hydrogen-bond acceptors (Lipinski definition) is 4. The number of imidazole rings is 1. The number of rotatable bonds is 5. The molecule has 0 aliphatic heterocycles. The van der Waals surface area contributed by atoms with E-state index in [4.69, 9.17) is 16.3 Å². The first kappa shape index (κ1) is 19.7. The van der Waals surface area contributed by atoms with Crippen LogP contribution in [0.4, 0.5) is 5.69 Å². The van der Waals surface area contributed by atoms with E-state index in [-0.39, 0.29) is 5.91 Å². The Balaban J connectivity index is 1.60. The summed E-state index contributed by atoms with van der Waals surface area (Å²) in [4.78, 5) is 24.7. The van der Waals surface area contributed by atoms with Gasteiger partial charge < -0.3 is 15.0 Å². The van der Waals surface area contributed by atoms with Gasteiger partial charge in [0.15, 0.2) is 0 Å². The minimum Gasteiger partial charge on any atom is -0.481 e. The molecule has 0 fully saturated rings. The van der Waals surface area contributed by atoms with Gasteiger partial charge in [0.25, 0.3) is 5.91 Å². The molecule has 0 saturated heterocycles. The quantitative estimate of drug-likeness (QED) is 0.457. The smallest absolute Gasteiger partial charge is 0.257 e. The molecule has 150 valence electrons. The topological polar surface area (TPSA) is 79.9 Å². The van der Waals surface area contributed by atoms with Crippen molar-refractivity contribution >= 4 is 23.2 Å². The second-order valence-electron chi connectivity index (χ2n) is 6.65. The molecule has 2 aromatic heterocycles. The van der Waals surface area contributed by atoms with E-state index in [1.807, 2.05) is 30.3 Å². The van der Waals surface area contributed by atoms with E-state index in [1.54, 1.807) is 43.5 Å². The summed E-state index contributed by atoms with van der Waals surface area (Å²) in [5.74, 6) is 0.822. The van der Waals surface area contributed by atoms with Gasteiger partial charge in [0.2, 0.25) is 5.88 Å². The molecule has 30 heavy (non-hydrogen) atoms. The number of amides is 1. The van der Waals surface area contributed by atoms with Crippen molar-refractivity contribution in [2.75, 3.05) is 12.4 Å². The maximum Gasteiger partial charge on any atom is 0.257 e. The molecule has 0 unspecified atom stereocenters. The van der Waals surface area contributed by atoms with E-state index in [2.05, 4.69) is 20.3 Å². The zero-order valence-electron chi connectivity index (χ0n) is 16.4. The van der Waals surface area contributed by atoms with Gasteiger partial charge in [0.05, 0.1) is 35.3 Å². The lowest BCUT2D eigenvalue weighted by atomic mass is 10.1. The van der Waals surface area contributed by atoms with Gasteiger partial charge in [-0.3, -0.25) is 4.79 Å². The lowest BCUT2D eigenvalue weighted by Crippen LogP contribution is -2.14. The summed E-state index contributed by atoms with van der Waals surface area (Å²) in [5.41, 5.74) is 4.26. The van der Waals surface area contributed by atoms with E-state index < -0.39 is 0 Å². The fraction of sp³-hybridized carbons (Fsp3) is 0.0870. The monoisotopic (exact) mass is 418 g/mol. The number of halogens is 1. The number of carbonyl (C=O) groups excluding carboxylic acids is 1. The molecular formula is C23H19ClN4O2. The number of ether oxygens (including phenoxy) is 1. The van der Waals surface area contributed by atoms with Crippen LogP contribution in [0.15, 0.2) is 66.9 Å². The molecule has 0 radical (unpaired) electrons. The van der Waals surface area contributed by atoms with Crippen molar-refractivity contribution in [2.45, 2.75) is 6.92 Å². The average molecular weight is 419 g/mol. The van der Waals surface area contributed by atoms with Gasteiger partial charge in [-0.1, -0.05) is 41.9 Å². The van der Waals surface area contributed by atoms with Crippen LogP contribution in [0.1, 0.15) is 16.1 Å². The molecule has 6 nitrogen and oxygen atoms in total. The highest BCUT2D eigenvalue weighted by molar-refractivity contribution is 6.33. The summed E-state index contributed by atoms with van der Waals surface area (Å²) in [6.45, 7) is 1.76. The molecule has 0 bridgehead atoms. The van der Waals surface area contributed by atoms with Gasteiger partial charge in [-0.15, -0.1) is 0 Å². The van der Waals surface area contributed by atoms with E-state index >= 15 is 0 Å². The summed E-state index contributed by atoms with van der Waals surface area (Å²) < 4.78 is 5.09. The standard InChI is InChI=1S/C23H19ClN4O2/c1-14-17(9-11-21(26-14)30-2)23(29)27-16-8-10-19(24)18(12-16)22-25-13-20(28-22)15-6-4-3-5-7-15/h3-13H,1-2H3,(H,25,28)(H,27,29). The summed E-state index contributed by atoms with van der Waals surface area (Å²) >= 11 is 6.40. The van der Waals surface area contributed by atoms with Gasteiger partial charge in [-0.25, -0.2) is 9.97 Å². The molecule has 2 heterocycles. The second-order valence-corrected chi connectivity index (χ2v) is 7.05. The zero-order chi connectivity index (χ0) is 21.1. The van der Waals surface area contributed by atoms with Crippen molar-refractivity contribution in [3.63, 3.8) is 0 Å². The first-order chi connectivity index (χ1) is 14.5. The number of H-pyrrole nitrogens is 1. The van der Waals surface area contributed by atoms with Gasteiger partial charge in [0.1, 0.15) is 5.82 Å². The molecule has 0 atom stereocenters. The number of hydrogen-bond donors (Lipinski definition) is 2. The second kappa shape index (κ2) is 8.39. The Morgan fingerprint density at radius 1 is 1.10 bits per heavy atom. The number of pyridine rings is 1. The number of benzene rings is 2. The Labute approximate surface area is 178 Å². The minimum atomic E-state index is -0.264. The average Bonchev–Trinajstić information content (AvgIpc) is 3.25. The van der Waals surface area contributed by atoms with E-state index in [0.29, 0.717) is 39.2 Å². The van der Waals surface area contributed by atoms with Crippen molar-refractivity contribution in [3.05, 3.63) is 83.1 Å². The van der Waals surface area contributed by atoms with Crippen LogP contribution in [0.3, 0.4) is 0 Å². The Kier molecular flexibility index (Phi) is 5.50. The van der Waals surface area contributed by atoms with Gasteiger partial charge in [-0.2, -0.15) is 0 Å². The first-order valence-electron chi connectivity index (χ1n) is 9.28. The van der Waals surface area contributed by atoms with E-state index in [1.165, 1.54) is 7.11 Å². The molecule has 2 N–H and O–H groups in total. The van der Waals surface area contributed by atoms with Crippen LogP contribution >= 0.6 is 11.6 Å². The third-order valence-corrected chi connectivity index (χ3v) is 4.98. The molecule has 7 heteroatoms. The van der Waals surface area contributed by atoms with Crippen molar-refractivity contribution in [3.8, 4) is 28.5 Å². The fourth-order valence-electron chi connectivity index (χ4n) is 3.10. The van der Waals surface area contributed by atoms with Gasteiger partial charge >= 0.3 is 0 Å². The number of aromatic amines is 1. The fourth-order valence-corrected chi connectivity index (χ4v) is 3.30. The number of nitrogens with one attached hydrogen (secondary N) is 2. The molecule has 0 saturated carbocycles. The summed E-state index contributed by atoms with van der Waals surface area (Å²) in [5, 5.41) is 3.42. The zero-order valence-corrected chi connectivity index (χ0v) is 17.2. The SMILES string of the molecule is COc1ccc(C(=O)Nc2ccc(Cl)c(-c3ncc(-c4ccccc4)[nH]3)c2)c(C)n1. The molecule has 1 amide bonds. The Morgan fingerprint density at radius 3 is 2.63 bits per heavy atom. The highest BCUT2D eigenvalue weighted by Crippen LogP contribution is 2.30. The Bertz CT molecular complexity index is 1210. The lowest BCUT2D eigenvalue weighted by molar-refractivity contribution is 0.102. The van der Waals surface area contributed by atoms with Crippen LogP contribution in [0.25, 0.3) is 22.6 Å². The number of anilines is 1. The molecular weight excluding hydrogens is 400 g/mol. The van der Waals surface area contributed by atoms with Gasteiger partial charge in [0, 0.05) is 17.3 Å². The largest absolute Gasteiger partial charge is 0.481 e. The minimum absolute atomic E-state index is 0.264. The molecule has 2 aromatic carbocycles. The number of carbonyl (C=O) groups is 1. The predicted octanol–water partition coefficient (Wildman–Crippen LogP) is 5.36. The van der Waals surface area contributed by atoms with Crippen molar-refractivity contribution in [1.82, 2.24) is 15.0 Å². The maximum absolute atomic E-state index is 12.7. The van der Waals surface area contributed by atoms with E-state index in [9.17, 15) is 4.79 Å². The number of aromatic nitrogens is 3. The lowest BCUT2D eigenvalue weighted by Gasteiger charge is -2.10. The van der Waals surface area contributed by atoms with Crippen molar-refractivity contribution in [2.24, 2.45) is 0 Å². The van der Waals surface area contributed by atoms with Crippen molar-refractivity contribution < 1.29 is 9.53 Å². The maximum atomic E-state index is 12.7. The summed E-state index contributed by atoms with van der Waals surface area (Å²) in [6.07, 6.45) is 1.76. The highest BCUT2D eigenvalue weighted by Gasteiger charge is 2.14. The third-order valence-electron chi connectivity index (χ3n) is 4.65. The molecule has 0 spiro atoms. The van der Waals surface area contributed by atoms with Crippen LogP contribution in [-0.4, -0.2) is 28.0 Å². The van der Waals surface area contributed by atoms with Crippen LogP contribution in [0.2, 0.25) is 5.02 Å². The molecule has 0 aliphatic carbocycles. The van der Waals surface area contributed by atoms with Crippen molar-refractivity contribution in [1.29, 1.82) is 0 Å². The molecule has 4 aromatic rings.